The molecule has 14 nitrogen and oxygen atoms in total. The monoisotopic (exact) mass is 768 g/mol. The molecule has 6 aromatic rings. The molecule has 0 fully saturated rings. The molecule has 54 heavy (non-hydrogen) atoms. The third-order valence-corrected chi connectivity index (χ3v) is 10.5. The Hall–Kier alpha value is -5.94. The summed E-state index contributed by atoms with van der Waals surface area (Å²) in [5, 5.41) is 40.0. The Balaban J connectivity index is 1.38. The Morgan fingerprint density at radius 3 is 1.50 bits per heavy atom. The van der Waals surface area contributed by atoms with E-state index in [4.69, 9.17) is 11.5 Å². The van der Waals surface area contributed by atoms with E-state index in [1.54, 1.807) is 18.2 Å². The summed E-state index contributed by atoms with van der Waals surface area (Å²) in [6.45, 7) is 3.97. The predicted molar refractivity (Wildman–Crippen MR) is 208 cm³/mol. The first-order chi connectivity index (χ1) is 25.6. The number of fused-ring (bicyclic) bond motifs is 2. The van der Waals surface area contributed by atoms with Crippen LogP contribution in [0.3, 0.4) is 0 Å². The van der Waals surface area contributed by atoms with E-state index in [1.165, 1.54) is 42.5 Å². The number of benzene rings is 6. The van der Waals surface area contributed by atoms with Gasteiger partial charge in [-0.3, -0.25) is 9.11 Å². The van der Waals surface area contributed by atoms with Gasteiger partial charge in [0.2, 0.25) is 0 Å². The van der Waals surface area contributed by atoms with Crippen molar-refractivity contribution < 1.29 is 36.2 Å². The second-order valence-corrected chi connectivity index (χ2v) is 15.4. The van der Waals surface area contributed by atoms with Gasteiger partial charge in [-0.2, -0.15) is 27.1 Å². The maximum absolute atomic E-state index is 12.3. The van der Waals surface area contributed by atoms with Crippen LogP contribution in [0, 0.1) is 0 Å². The number of phenols is 2. The Morgan fingerprint density at radius 2 is 1.00 bits per heavy atom. The third kappa shape index (κ3) is 7.72. The second-order valence-electron chi connectivity index (χ2n) is 12.6. The number of hydrogen-bond acceptors (Lipinski definition) is 12. The van der Waals surface area contributed by atoms with Gasteiger partial charge in [0.15, 0.2) is 11.5 Å². The number of nitrogens with two attached hydrogens (primary N) is 2. The standard InChI is InChI=1S/C38H36N6O8S2/c1-3-5-24-15-21(8-13-31(24)41-43-35-34(54(50,51)52)19-26-17-27(39)11-12-29(26)37(35)45)22-9-14-32(25(16-22)6-4-2)42-44-36-33(53(47,48)49)18-23-7-10-28(40)20-30(23)38(36)46/h7-20,45-46H,3-6,39-40H2,1-2H3,(H,47,48,49)(H,50,51,52)/b43-41+,44-42+. The molecule has 0 saturated carbocycles. The van der Waals surface area contributed by atoms with Gasteiger partial charge in [-0.05, 0) is 113 Å². The summed E-state index contributed by atoms with van der Waals surface area (Å²) >= 11 is 0. The molecule has 0 aromatic heterocycles. The van der Waals surface area contributed by atoms with Gasteiger partial charge >= 0.3 is 0 Å². The van der Waals surface area contributed by atoms with Gasteiger partial charge in [-0.15, -0.1) is 10.2 Å². The number of anilines is 2. The number of aryl methyl sites for hydroxylation is 2. The molecule has 0 amide bonds. The number of nitrogens with zero attached hydrogens (tertiary/aromatic N) is 4. The van der Waals surface area contributed by atoms with E-state index in [-0.39, 0.29) is 10.8 Å². The van der Waals surface area contributed by atoms with Gasteiger partial charge in [0.25, 0.3) is 20.2 Å². The van der Waals surface area contributed by atoms with Gasteiger partial charge in [-0.1, -0.05) is 44.9 Å². The molecule has 0 unspecified atom stereocenters. The van der Waals surface area contributed by atoms with Crippen molar-refractivity contribution in [1.29, 1.82) is 0 Å². The summed E-state index contributed by atoms with van der Waals surface area (Å²) in [6, 6.07) is 22.3. The van der Waals surface area contributed by atoms with E-state index in [0.717, 1.165) is 35.1 Å². The van der Waals surface area contributed by atoms with Crippen molar-refractivity contribution in [2.24, 2.45) is 20.5 Å². The molecule has 0 saturated heterocycles. The van der Waals surface area contributed by atoms with E-state index >= 15 is 0 Å². The first-order valence-electron chi connectivity index (χ1n) is 16.7. The fourth-order valence-electron chi connectivity index (χ4n) is 6.19. The third-order valence-electron chi connectivity index (χ3n) is 8.75. The Labute approximate surface area is 311 Å². The maximum Gasteiger partial charge on any atom is 0.296 e. The molecule has 0 bridgehead atoms. The van der Waals surface area contributed by atoms with E-state index in [0.29, 0.717) is 46.4 Å². The van der Waals surface area contributed by atoms with Crippen LogP contribution in [0.15, 0.2) is 115 Å². The number of rotatable bonds is 11. The highest BCUT2D eigenvalue weighted by atomic mass is 32.2. The van der Waals surface area contributed by atoms with Gasteiger partial charge in [-0.25, -0.2) is 0 Å². The molecular formula is C38H36N6O8S2. The molecule has 0 heterocycles. The summed E-state index contributed by atoms with van der Waals surface area (Å²) in [5.74, 6) is -0.978. The van der Waals surface area contributed by atoms with E-state index in [9.17, 15) is 36.2 Å². The first kappa shape index (κ1) is 37.8. The molecule has 0 radical (unpaired) electrons. The minimum absolute atomic E-state index is 0.241. The lowest BCUT2D eigenvalue weighted by Gasteiger charge is -2.12. The largest absolute Gasteiger partial charge is 0.505 e. The van der Waals surface area contributed by atoms with Gasteiger partial charge in [0, 0.05) is 22.1 Å². The lowest BCUT2D eigenvalue weighted by molar-refractivity contribution is 0.471. The van der Waals surface area contributed by atoms with Crippen molar-refractivity contribution >= 4 is 75.9 Å². The maximum atomic E-state index is 12.3. The first-order valence-corrected chi connectivity index (χ1v) is 19.6. The molecule has 0 aliphatic carbocycles. The van der Waals surface area contributed by atoms with Crippen LogP contribution in [0.4, 0.5) is 34.1 Å². The van der Waals surface area contributed by atoms with Crippen LogP contribution in [0.2, 0.25) is 0 Å². The summed E-state index contributed by atoms with van der Waals surface area (Å²) in [7, 11) is -9.60. The number of aromatic hydroxyl groups is 2. The lowest BCUT2D eigenvalue weighted by Crippen LogP contribution is -1.99. The molecule has 0 aliphatic rings. The minimum atomic E-state index is -4.81. The van der Waals surface area contributed by atoms with Crippen molar-refractivity contribution in [2.75, 3.05) is 11.5 Å². The van der Waals surface area contributed by atoms with Crippen LogP contribution in [-0.2, 0) is 33.1 Å². The number of phenolic OH excluding ortho intramolecular Hbond substituents is 2. The molecular weight excluding hydrogens is 733 g/mol. The molecule has 0 aliphatic heterocycles. The molecule has 6 aromatic carbocycles. The van der Waals surface area contributed by atoms with Crippen molar-refractivity contribution in [3.63, 3.8) is 0 Å². The normalized spacial score (nSPS) is 12.4. The van der Waals surface area contributed by atoms with Crippen molar-refractivity contribution in [2.45, 2.75) is 49.3 Å². The second kappa shape index (κ2) is 14.8. The van der Waals surface area contributed by atoms with Gasteiger partial charge in [0.05, 0.1) is 11.4 Å². The van der Waals surface area contributed by atoms with Crippen LogP contribution in [0.5, 0.6) is 11.5 Å². The van der Waals surface area contributed by atoms with Crippen LogP contribution in [-0.4, -0.2) is 36.2 Å². The molecule has 0 atom stereocenters. The topological polar surface area (TPSA) is 251 Å². The average Bonchev–Trinajstić information content (AvgIpc) is 3.11. The highest BCUT2D eigenvalue weighted by Crippen LogP contribution is 2.44. The zero-order valence-electron chi connectivity index (χ0n) is 29.1. The zero-order valence-corrected chi connectivity index (χ0v) is 30.7. The highest BCUT2D eigenvalue weighted by Gasteiger charge is 2.24. The summed E-state index contributed by atoms with van der Waals surface area (Å²) in [4.78, 5) is -1.23. The molecule has 0 spiro atoms. The summed E-state index contributed by atoms with van der Waals surface area (Å²) in [5.41, 5.74) is 15.6. The number of hydrogen-bond donors (Lipinski definition) is 6. The molecule has 278 valence electrons. The van der Waals surface area contributed by atoms with Crippen LogP contribution < -0.4 is 11.5 Å². The zero-order chi connectivity index (χ0) is 38.9. The van der Waals surface area contributed by atoms with E-state index in [1.807, 2.05) is 38.1 Å². The summed E-state index contributed by atoms with van der Waals surface area (Å²) in [6.07, 6.45) is 2.65. The highest BCUT2D eigenvalue weighted by molar-refractivity contribution is 7.86. The Morgan fingerprint density at radius 1 is 0.537 bits per heavy atom. The van der Waals surface area contributed by atoms with E-state index in [2.05, 4.69) is 20.5 Å². The van der Waals surface area contributed by atoms with Crippen LogP contribution in [0.1, 0.15) is 37.8 Å². The fourth-order valence-corrected chi connectivity index (χ4v) is 7.50. The summed E-state index contributed by atoms with van der Waals surface area (Å²) < 4.78 is 69.1. The van der Waals surface area contributed by atoms with Gasteiger partial charge in [0.1, 0.15) is 21.2 Å². The lowest BCUT2D eigenvalue weighted by atomic mass is 9.96. The average molecular weight is 769 g/mol. The minimum Gasteiger partial charge on any atom is -0.505 e. The Bertz CT molecular complexity index is 2750. The predicted octanol–water partition coefficient (Wildman–Crippen LogP) is 9.46. The quantitative estimate of drug-likeness (QED) is 0.0413. The number of nitrogen functional groups attached to an aromatic ring is 2. The van der Waals surface area contributed by atoms with Crippen molar-refractivity contribution in [3.05, 3.63) is 96.1 Å². The molecule has 6 rings (SSSR count). The molecule has 16 heteroatoms. The smallest absolute Gasteiger partial charge is 0.296 e. The molecule has 8 N–H and O–H groups in total. The van der Waals surface area contributed by atoms with Crippen molar-refractivity contribution in [3.8, 4) is 22.6 Å². The Kier molecular flexibility index (Phi) is 10.4. The number of azo groups is 2. The van der Waals surface area contributed by atoms with Gasteiger partial charge < -0.3 is 21.7 Å². The fraction of sp³-hybridized carbons (Fsp3) is 0.158. The van der Waals surface area contributed by atoms with Crippen LogP contribution in [0.25, 0.3) is 32.7 Å². The SMILES string of the molecule is CCCc1cc(-c2ccc(/N=N/c3c(S(=O)(=O)O)cc4ccc(N)cc4c3O)c(CCC)c2)ccc1/N=N/c1c(S(=O)(=O)O)cc2cc(N)ccc2c1O. The van der Waals surface area contributed by atoms with E-state index < -0.39 is 52.9 Å². The van der Waals surface area contributed by atoms with Crippen molar-refractivity contribution in [1.82, 2.24) is 0 Å². The van der Waals surface area contributed by atoms with Crippen LogP contribution >= 0.6 is 0 Å².